The van der Waals surface area contributed by atoms with Gasteiger partial charge in [-0.2, -0.15) is 0 Å². The van der Waals surface area contributed by atoms with Crippen molar-refractivity contribution in [2.24, 2.45) is 10.9 Å². The summed E-state index contributed by atoms with van der Waals surface area (Å²) in [4.78, 5) is 20.4. The average Bonchev–Trinajstić information content (AvgIpc) is 2.68. The second kappa shape index (κ2) is 11.3. The SMILES string of the molecule is CCOC(=O)N1CCC(NC(=NC)NCCC2CCN(CC)CC2)CC1. The van der Waals surface area contributed by atoms with Crippen LogP contribution >= 0.6 is 0 Å². The monoisotopic (exact) mass is 367 g/mol. The molecule has 26 heavy (non-hydrogen) atoms. The van der Waals surface area contributed by atoms with Crippen LogP contribution in [0.15, 0.2) is 4.99 Å². The summed E-state index contributed by atoms with van der Waals surface area (Å²) in [5, 5.41) is 6.97. The smallest absolute Gasteiger partial charge is 0.409 e. The molecule has 0 atom stereocenters. The number of nitrogens with zero attached hydrogens (tertiary/aromatic N) is 3. The zero-order valence-corrected chi connectivity index (χ0v) is 16.8. The number of likely N-dealkylation sites (tertiary alicyclic amines) is 2. The number of piperidine rings is 2. The zero-order chi connectivity index (χ0) is 18.8. The molecule has 1 amide bonds. The number of carbonyl (C=O) groups is 1. The fraction of sp³-hybridized carbons (Fsp3) is 0.895. The summed E-state index contributed by atoms with van der Waals surface area (Å²) in [7, 11) is 1.82. The quantitative estimate of drug-likeness (QED) is 0.554. The highest BCUT2D eigenvalue weighted by Crippen LogP contribution is 2.19. The average molecular weight is 368 g/mol. The van der Waals surface area contributed by atoms with Crippen LogP contribution in [0, 0.1) is 5.92 Å². The highest BCUT2D eigenvalue weighted by atomic mass is 16.6. The molecule has 0 aromatic rings. The minimum absolute atomic E-state index is 0.192. The molecule has 2 rings (SSSR count). The molecule has 0 aromatic carbocycles. The van der Waals surface area contributed by atoms with E-state index in [4.69, 9.17) is 4.74 Å². The van der Waals surface area contributed by atoms with Gasteiger partial charge in [0.05, 0.1) is 6.61 Å². The van der Waals surface area contributed by atoms with Crippen LogP contribution in [0.5, 0.6) is 0 Å². The molecule has 0 spiro atoms. The van der Waals surface area contributed by atoms with E-state index in [-0.39, 0.29) is 6.09 Å². The van der Waals surface area contributed by atoms with Crippen molar-refractivity contribution in [3.05, 3.63) is 0 Å². The molecule has 7 nitrogen and oxygen atoms in total. The predicted octanol–water partition coefficient (Wildman–Crippen LogP) is 1.89. The van der Waals surface area contributed by atoms with E-state index in [1.54, 1.807) is 4.90 Å². The Morgan fingerprint density at radius 2 is 1.81 bits per heavy atom. The first-order valence-corrected chi connectivity index (χ1v) is 10.3. The Hall–Kier alpha value is -1.50. The Kier molecular flexibility index (Phi) is 9.01. The molecule has 0 saturated carbocycles. The first-order valence-electron chi connectivity index (χ1n) is 10.3. The van der Waals surface area contributed by atoms with E-state index in [1.165, 1.54) is 38.9 Å². The Morgan fingerprint density at radius 1 is 1.12 bits per heavy atom. The second-order valence-corrected chi connectivity index (χ2v) is 7.27. The molecule has 2 N–H and O–H groups in total. The molecule has 2 aliphatic rings. The van der Waals surface area contributed by atoms with E-state index >= 15 is 0 Å². The van der Waals surface area contributed by atoms with Crippen molar-refractivity contribution in [3.63, 3.8) is 0 Å². The molecule has 2 aliphatic heterocycles. The lowest BCUT2D eigenvalue weighted by Crippen LogP contribution is -2.50. The zero-order valence-electron chi connectivity index (χ0n) is 16.8. The Bertz CT molecular complexity index is 441. The Balaban J connectivity index is 1.62. The number of guanidine groups is 1. The summed E-state index contributed by atoms with van der Waals surface area (Å²) in [6.45, 7) is 10.6. The molecule has 2 heterocycles. The van der Waals surface area contributed by atoms with E-state index in [1.807, 2.05) is 14.0 Å². The summed E-state index contributed by atoms with van der Waals surface area (Å²) >= 11 is 0. The fourth-order valence-electron chi connectivity index (χ4n) is 3.80. The normalized spacial score (nSPS) is 20.9. The molecular formula is C19H37N5O2. The lowest BCUT2D eigenvalue weighted by molar-refractivity contribution is 0.0963. The first-order chi connectivity index (χ1) is 12.7. The summed E-state index contributed by atoms with van der Waals surface area (Å²) in [5.41, 5.74) is 0. The molecule has 0 aromatic heterocycles. The number of nitrogens with one attached hydrogen (secondary N) is 2. The van der Waals surface area contributed by atoms with E-state index in [0.717, 1.165) is 44.4 Å². The number of ether oxygens (including phenoxy) is 1. The number of hydrogen-bond acceptors (Lipinski definition) is 4. The molecule has 7 heteroatoms. The van der Waals surface area contributed by atoms with Crippen molar-refractivity contribution < 1.29 is 9.53 Å². The van der Waals surface area contributed by atoms with Gasteiger partial charge in [-0.25, -0.2) is 4.79 Å². The molecule has 0 bridgehead atoms. The molecular weight excluding hydrogens is 330 g/mol. The van der Waals surface area contributed by atoms with Gasteiger partial charge in [-0.3, -0.25) is 4.99 Å². The molecule has 2 saturated heterocycles. The third kappa shape index (κ3) is 6.67. The maximum Gasteiger partial charge on any atom is 0.409 e. The minimum Gasteiger partial charge on any atom is -0.450 e. The predicted molar refractivity (Wildman–Crippen MR) is 106 cm³/mol. The van der Waals surface area contributed by atoms with Crippen LogP contribution in [0.3, 0.4) is 0 Å². The summed E-state index contributed by atoms with van der Waals surface area (Å²) < 4.78 is 5.07. The maximum atomic E-state index is 11.8. The van der Waals surface area contributed by atoms with Crippen LogP contribution in [0.25, 0.3) is 0 Å². The molecule has 0 unspecified atom stereocenters. The van der Waals surface area contributed by atoms with Crippen molar-refractivity contribution >= 4 is 12.1 Å². The Morgan fingerprint density at radius 3 is 2.38 bits per heavy atom. The van der Waals surface area contributed by atoms with Crippen LogP contribution in [-0.4, -0.2) is 80.8 Å². The first kappa shape index (κ1) is 20.8. The van der Waals surface area contributed by atoms with Gasteiger partial charge in [0.2, 0.25) is 0 Å². The van der Waals surface area contributed by atoms with Crippen molar-refractivity contribution in [1.29, 1.82) is 0 Å². The van der Waals surface area contributed by atoms with Gasteiger partial charge in [0, 0.05) is 32.7 Å². The van der Waals surface area contributed by atoms with Gasteiger partial charge in [-0.05, 0) is 64.6 Å². The van der Waals surface area contributed by atoms with Crippen LogP contribution in [-0.2, 0) is 4.74 Å². The lowest BCUT2D eigenvalue weighted by Gasteiger charge is -2.33. The van der Waals surface area contributed by atoms with E-state index < -0.39 is 0 Å². The fourth-order valence-corrected chi connectivity index (χ4v) is 3.80. The van der Waals surface area contributed by atoms with Crippen LogP contribution in [0.2, 0.25) is 0 Å². The topological polar surface area (TPSA) is 69.2 Å². The number of amides is 1. The summed E-state index contributed by atoms with van der Waals surface area (Å²) in [5.74, 6) is 1.71. The number of hydrogen-bond donors (Lipinski definition) is 2. The van der Waals surface area contributed by atoms with Gasteiger partial charge in [-0.15, -0.1) is 0 Å². The third-order valence-corrected chi connectivity index (χ3v) is 5.58. The van der Waals surface area contributed by atoms with Gasteiger partial charge in [0.15, 0.2) is 5.96 Å². The number of carbonyl (C=O) groups excluding carboxylic acids is 1. The highest BCUT2D eigenvalue weighted by Gasteiger charge is 2.24. The van der Waals surface area contributed by atoms with Gasteiger partial charge in [-0.1, -0.05) is 6.92 Å². The molecule has 0 aliphatic carbocycles. The van der Waals surface area contributed by atoms with Crippen LogP contribution < -0.4 is 10.6 Å². The van der Waals surface area contributed by atoms with Gasteiger partial charge >= 0.3 is 6.09 Å². The van der Waals surface area contributed by atoms with E-state index in [0.29, 0.717) is 12.6 Å². The minimum atomic E-state index is -0.192. The number of aliphatic imine (C=N–C) groups is 1. The third-order valence-electron chi connectivity index (χ3n) is 5.58. The Labute approximate surface area is 158 Å². The second-order valence-electron chi connectivity index (χ2n) is 7.27. The van der Waals surface area contributed by atoms with E-state index in [9.17, 15) is 4.79 Å². The molecule has 2 fully saturated rings. The van der Waals surface area contributed by atoms with Crippen LogP contribution in [0.4, 0.5) is 4.79 Å². The van der Waals surface area contributed by atoms with Crippen molar-refractivity contribution in [2.75, 3.05) is 52.9 Å². The van der Waals surface area contributed by atoms with Crippen LogP contribution in [0.1, 0.15) is 46.0 Å². The molecule has 150 valence electrons. The summed E-state index contributed by atoms with van der Waals surface area (Å²) in [6, 6.07) is 0.361. The van der Waals surface area contributed by atoms with Crippen molar-refractivity contribution in [1.82, 2.24) is 20.4 Å². The standard InChI is InChI=1S/C19H37N5O2/c1-4-23-12-7-16(8-13-23)6-11-21-18(20-3)22-17-9-14-24(15-10-17)19(25)26-5-2/h16-17H,4-15H2,1-3H3,(H2,20,21,22). The maximum absolute atomic E-state index is 11.8. The largest absolute Gasteiger partial charge is 0.450 e. The van der Waals surface area contributed by atoms with Gasteiger partial charge in [0.25, 0.3) is 0 Å². The summed E-state index contributed by atoms with van der Waals surface area (Å²) in [6.07, 6.45) is 5.49. The van der Waals surface area contributed by atoms with E-state index in [2.05, 4.69) is 27.4 Å². The van der Waals surface area contributed by atoms with Crippen molar-refractivity contribution in [2.45, 2.75) is 52.0 Å². The van der Waals surface area contributed by atoms with Gasteiger partial charge < -0.3 is 25.2 Å². The lowest BCUT2D eigenvalue weighted by atomic mass is 9.93. The number of rotatable bonds is 6. The van der Waals surface area contributed by atoms with Crippen molar-refractivity contribution in [3.8, 4) is 0 Å². The van der Waals surface area contributed by atoms with Gasteiger partial charge in [0.1, 0.15) is 0 Å². The molecule has 0 radical (unpaired) electrons. The highest BCUT2D eigenvalue weighted by molar-refractivity contribution is 5.80.